The number of benzene rings is 2. The molecular formula is C19H22Cl2N2O3S. The van der Waals surface area contributed by atoms with E-state index in [2.05, 4.69) is 5.32 Å². The summed E-state index contributed by atoms with van der Waals surface area (Å²) >= 11 is 12.2. The van der Waals surface area contributed by atoms with Gasteiger partial charge in [-0.2, -0.15) is 4.31 Å². The van der Waals surface area contributed by atoms with Crippen LogP contribution in [0.25, 0.3) is 0 Å². The van der Waals surface area contributed by atoms with Crippen LogP contribution in [-0.4, -0.2) is 31.7 Å². The van der Waals surface area contributed by atoms with E-state index in [1.165, 1.54) is 16.4 Å². The van der Waals surface area contributed by atoms with Crippen LogP contribution in [0.1, 0.15) is 25.8 Å². The SMILES string of the molecule is CCN(CC)S(=O)(=O)c1ccc(NC(=O)CCc2c(Cl)cccc2Cl)cc1. The Kier molecular flexibility index (Phi) is 7.68. The lowest BCUT2D eigenvalue weighted by Gasteiger charge is -2.18. The predicted octanol–water partition coefficient (Wildman–Crippen LogP) is 4.60. The zero-order valence-corrected chi connectivity index (χ0v) is 17.5. The Hall–Kier alpha value is -1.60. The number of nitrogens with one attached hydrogen (secondary N) is 1. The van der Waals surface area contributed by atoms with Crippen molar-refractivity contribution in [1.82, 2.24) is 4.31 Å². The number of anilines is 1. The topological polar surface area (TPSA) is 66.5 Å². The number of carbonyl (C=O) groups excluding carboxylic acids is 1. The molecule has 0 heterocycles. The minimum Gasteiger partial charge on any atom is -0.326 e. The van der Waals surface area contributed by atoms with Crippen LogP contribution in [0.3, 0.4) is 0 Å². The zero-order valence-electron chi connectivity index (χ0n) is 15.2. The van der Waals surface area contributed by atoms with E-state index in [1.54, 1.807) is 44.2 Å². The summed E-state index contributed by atoms with van der Waals surface area (Å²) in [6, 6.07) is 11.4. The van der Waals surface area contributed by atoms with E-state index in [9.17, 15) is 13.2 Å². The fourth-order valence-electron chi connectivity index (χ4n) is 2.66. The molecule has 0 unspecified atom stereocenters. The van der Waals surface area contributed by atoms with E-state index in [-0.39, 0.29) is 17.2 Å². The first-order chi connectivity index (χ1) is 12.8. The van der Waals surface area contributed by atoms with E-state index in [1.807, 2.05) is 0 Å². The fraction of sp³-hybridized carbons (Fsp3) is 0.316. The number of rotatable bonds is 8. The van der Waals surface area contributed by atoms with Gasteiger partial charge in [0.2, 0.25) is 15.9 Å². The van der Waals surface area contributed by atoms with E-state index >= 15 is 0 Å². The van der Waals surface area contributed by atoms with E-state index in [0.29, 0.717) is 35.2 Å². The van der Waals surface area contributed by atoms with E-state index < -0.39 is 10.0 Å². The summed E-state index contributed by atoms with van der Waals surface area (Å²) in [6.07, 6.45) is 0.627. The van der Waals surface area contributed by atoms with Crippen LogP contribution in [0.4, 0.5) is 5.69 Å². The Labute approximate surface area is 170 Å². The highest BCUT2D eigenvalue weighted by atomic mass is 35.5. The van der Waals surface area contributed by atoms with Crippen molar-refractivity contribution in [2.24, 2.45) is 0 Å². The molecule has 1 amide bonds. The third kappa shape index (κ3) is 5.45. The van der Waals surface area contributed by atoms with Gasteiger partial charge in [-0.15, -0.1) is 0 Å². The number of hydrogen-bond donors (Lipinski definition) is 1. The highest BCUT2D eigenvalue weighted by Crippen LogP contribution is 2.25. The summed E-state index contributed by atoms with van der Waals surface area (Å²) in [4.78, 5) is 12.4. The standard InChI is InChI=1S/C19H22Cl2N2O3S/c1-3-23(4-2)27(25,26)15-10-8-14(9-11-15)22-19(24)13-12-16-17(20)6-5-7-18(16)21/h5-11H,3-4,12-13H2,1-2H3,(H,22,24). The summed E-state index contributed by atoms with van der Waals surface area (Å²) in [6.45, 7) is 4.39. The Morgan fingerprint density at radius 2 is 1.56 bits per heavy atom. The number of amides is 1. The molecule has 0 saturated carbocycles. The van der Waals surface area contributed by atoms with Gasteiger partial charge in [0.15, 0.2) is 0 Å². The molecule has 2 rings (SSSR count). The quantitative estimate of drug-likeness (QED) is 0.667. The number of carbonyl (C=O) groups is 1. The van der Waals surface area contributed by atoms with E-state index in [4.69, 9.17) is 23.2 Å². The lowest BCUT2D eigenvalue weighted by molar-refractivity contribution is -0.116. The van der Waals surface area contributed by atoms with Crippen molar-refractivity contribution >= 4 is 44.8 Å². The minimum absolute atomic E-state index is 0.201. The third-order valence-corrected chi connectivity index (χ3v) is 6.92. The molecule has 0 fully saturated rings. The number of nitrogens with zero attached hydrogens (tertiary/aromatic N) is 1. The van der Waals surface area contributed by atoms with Gasteiger partial charge < -0.3 is 5.32 Å². The molecule has 8 heteroatoms. The van der Waals surface area contributed by atoms with Gasteiger partial charge in [-0.25, -0.2) is 8.42 Å². The molecular weight excluding hydrogens is 407 g/mol. The maximum absolute atomic E-state index is 12.5. The van der Waals surface area contributed by atoms with Gasteiger partial charge >= 0.3 is 0 Å². The van der Waals surface area contributed by atoms with Crippen molar-refractivity contribution in [3.63, 3.8) is 0 Å². The van der Waals surface area contributed by atoms with Gasteiger partial charge in [-0.3, -0.25) is 4.79 Å². The second kappa shape index (κ2) is 9.55. The third-order valence-electron chi connectivity index (χ3n) is 4.15. The first kappa shape index (κ1) is 21.7. The molecule has 0 saturated heterocycles. The Balaban J connectivity index is 2.01. The molecule has 1 N–H and O–H groups in total. The Bertz CT molecular complexity index is 875. The molecule has 2 aromatic carbocycles. The van der Waals surface area contributed by atoms with Crippen LogP contribution in [0.2, 0.25) is 10.0 Å². The molecule has 0 aliphatic heterocycles. The van der Waals surface area contributed by atoms with Crippen molar-refractivity contribution in [2.45, 2.75) is 31.6 Å². The maximum Gasteiger partial charge on any atom is 0.243 e. The van der Waals surface area contributed by atoms with Crippen molar-refractivity contribution in [2.75, 3.05) is 18.4 Å². The summed E-state index contributed by atoms with van der Waals surface area (Å²) < 4.78 is 26.3. The largest absolute Gasteiger partial charge is 0.326 e. The van der Waals surface area contributed by atoms with Gasteiger partial charge in [0.25, 0.3) is 0 Å². The molecule has 27 heavy (non-hydrogen) atoms. The Morgan fingerprint density at radius 3 is 2.07 bits per heavy atom. The molecule has 0 atom stereocenters. The van der Waals surface area contributed by atoms with Crippen molar-refractivity contribution in [3.05, 3.63) is 58.1 Å². The fourth-order valence-corrected chi connectivity index (χ4v) is 4.70. The zero-order chi connectivity index (χ0) is 20.0. The number of halogens is 2. The average Bonchev–Trinajstić information content (AvgIpc) is 2.62. The summed E-state index contributed by atoms with van der Waals surface area (Å²) in [5.41, 5.74) is 1.26. The number of hydrogen-bond acceptors (Lipinski definition) is 3. The first-order valence-electron chi connectivity index (χ1n) is 8.62. The average molecular weight is 429 g/mol. The van der Waals surface area contributed by atoms with Gasteiger partial charge in [-0.1, -0.05) is 43.1 Å². The molecule has 5 nitrogen and oxygen atoms in total. The predicted molar refractivity (Wildman–Crippen MR) is 110 cm³/mol. The van der Waals surface area contributed by atoms with Crippen molar-refractivity contribution < 1.29 is 13.2 Å². The molecule has 0 aromatic heterocycles. The van der Waals surface area contributed by atoms with Crippen LogP contribution in [-0.2, 0) is 21.2 Å². The van der Waals surface area contributed by atoms with Crippen LogP contribution in [0.15, 0.2) is 47.4 Å². The second-order valence-corrected chi connectivity index (χ2v) is 8.61. The minimum atomic E-state index is -3.51. The molecule has 0 aliphatic rings. The van der Waals surface area contributed by atoms with Crippen LogP contribution in [0, 0.1) is 0 Å². The normalized spacial score (nSPS) is 11.6. The summed E-state index contributed by atoms with van der Waals surface area (Å²) in [7, 11) is -3.51. The highest BCUT2D eigenvalue weighted by Gasteiger charge is 2.21. The summed E-state index contributed by atoms with van der Waals surface area (Å²) in [5, 5.41) is 3.81. The molecule has 0 bridgehead atoms. The smallest absolute Gasteiger partial charge is 0.243 e. The second-order valence-electron chi connectivity index (χ2n) is 5.86. The van der Waals surface area contributed by atoms with Gasteiger partial charge in [0.05, 0.1) is 4.90 Å². The van der Waals surface area contributed by atoms with Crippen molar-refractivity contribution in [3.8, 4) is 0 Å². The molecule has 0 spiro atoms. The molecule has 0 aliphatic carbocycles. The van der Waals surface area contributed by atoms with Crippen LogP contribution in [0.5, 0.6) is 0 Å². The lowest BCUT2D eigenvalue weighted by Crippen LogP contribution is -2.30. The molecule has 0 radical (unpaired) electrons. The maximum atomic E-state index is 12.5. The van der Waals surface area contributed by atoms with Crippen LogP contribution < -0.4 is 5.32 Å². The highest BCUT2D eigenvalue weighted by molar-refractivity contribution is 7.89. The number of sulfonamides is 1. The monoisotopic (exact) mass is 428 g/mol. The first-order valence-corrected chi connectivity index (χ1v) is 10.8. The lowest BCUT2D eigenvalue weighted by atomic mass is 10.1. The van der Waals surface area contributed by atoms with Gasteiger partial charge in [0, 0.05) is 35.2 Å². The molecule has 146 valence electrons. The van der Waals surface area contributed by atoms with Gasteiger partial charge in [-0.05, 0) is 48.4 Å². The Morgan fingerprint density at radius 1 is 1.00 bits per heavy atom. The van der Waals surface area contributed by atoms with Gasteiger partial charge in [0.1, 0.15) is 0 Å². The molecule has 2 aromatic rings. The van der Waals surface area contributed by atoms with E-state index in [0.717, 1.165) is 5.56 Å². The van der Waals surface area contributed by atoms with Crippen molar-refractivity contribution in [1.29, 1.82) is 0 Å². The summed E-state index contributed by atoms with van der Waals surface area (Å²) in [5.74, 6) is -0.203. The van der Waals surface area contributed by atoms with Crippen LogP contribution >= 0.6 is 23.2 Å².